The van der Waals surface area contributed by atoms with Crippen molar-refractivity contribution in [2.24, 2.45) is 3.77 Å². The Morgan fingerprint density at radius 3 is 2.62 bits per heavy atom. The van der Waals surface area contributed by atoms with Gasteiger partial charge in [-0.2, -0.15) is 12.6 Å². The topological polar surface area (TPSA) is 63.6 Å². The van der Waals surface area contributed by atoms with Gasteiger partial charge < -0.3 is 0 Å². The van der Waals surface area contributed by atoms with Gasteiger partial charge >= 0.3 is 0 Å². The van der Waals surface area contributed by atoms with Crippen LogP contribution in [0.25, 0.3) is 0 Å². The first-order valence-corrected chi connectivity index (χ1v) is 5.22. The van der Waals surface area contributed by atoms with Crippen LogP contribution in [0, 0.1) is 5.82 Å². The molecule has 13 heavy (non-hydrogen) atoms. The zero-order valence-electron chi connectivity index (χ0n) is 6.18. The fourth-order valence-electron chi connectivity index (χ4n) is 0.711. The van der Waals surface area contributed by atoms with E-state index < -0.39 is 27.3 Å². The maximum atomic E-state index is 12.5. The number of rotatable bonds is 2. The molecule has 0 saturated heterocycles. The molecule has 0 N–H and O–H groups in total. The van der Waals surface area contributed by atoms with Crippen molar-refractivity contribution in [1.29, 1.82) is 0 Å². The van der Waals surface area contributed by atoms with Crippen molar-refractivity contribution in [3.05, 3.63) is 30.1 Å². The molecule has 0 aliphatic heterocycles. The maximum Gasteiger partial charge on any atom is 0.294 e. The Morgan fingerprint density at radius 2 is 2.08 bits per heavy atom. The molecule has 1 aromatic rings. The Hall–Kier alpha value is -1.08. The fourth-order valence-corrected chi connectivity index (χ4v) is 1.89. The molecule has 0 unspecified atom stereocenters. The monoisotopic (exact) mass is 221 g/mol. The van der Waals surface area contributed by atoms with E-state index in [-0.39, 0.29) is 4.90 Å². The van der Waals surface area contributed by atoms with Gasteiger partial charge in [-0.05, 0) is 18.2 Å². The molecule has 0 aliphatic carbocycles. The van der Waals surface area contributed by atoms with Crippen molar-refractivity contribution in [1.82, 2.24) is 0 Å². The summed E-state index contributed by atoms with van der Waals surface area (Å²) >= 11 is -0.426. The summed E-state index contributed by atoms with van der Waals surface area (Å²) in [6, 6.07) is 4.30. The number of nitrogens with zero attached hydrogens (tertiary/aromatic N) is 1. The summed E-state index contributed by atoms with van der Waals surface area (Å²) in [5, 5.41) is 0. The first-order chi connectivity index (χ1) is 6.06. The van der Waals surface area contributed by atoms with Crippen LogP contribution in [0.15, 0.2) is 32.9 Å². The number of benzene rings is 1. The lowest BCUT2D eigenvalue weighted by atomic mass is 10.4. The minimum absolute atomic E-state index is 0.323. The lowest BCUT2D eigenvalue weighted by Crippen LogP contribution is -1.95. The third kappa shape index (κ3) is 2.43. The van der Waals surface area contributed by atoms with Gasteiger partial charge in [0.05, 0.1) is 4.90 Å². The summed E-state index contributed by atoms with van der Waals surface area (Å²) in [7, 11) is -4.00. The summed E-state index contributed by atoms with van der Waals surface area (Å²) in [6.07, 6.45) is 0. The van der Waals surface area contributed by atoms with Crippen LogP contribution in [-0.4, -0.2) is 12.6 Å². The summed E-state index contributed by atoms with van der Waals surface area (Å²) in [6.45, 7) is 0. The zero-order valence-corrected chi connectivity index (χ0v) is 7.81. The van der Waals surface area contributed by atoms with Gasteiger partial charge in [0, 0.05) is 0 Å². The first-order valence-electron chi connectivity index (χ1n) is 3.08. The molecule has 0 radical (unpaired) electrons. The van der Waals surface area contributed by atoms with E-state index in [2.05, 4.69) is 3.77 Å². The Bertz CT molecular complexity index is 465. The predicted octanol–water partition coefficient (Wildman–Crippen LogP) is 0.911. The van der Waals surface area contributed by atoms with Gasteiger partial charge in [0.25, 0.3) is 10.0 Å². The van der Waals surface area contributed by atoms with E-state index in [1.165, 1.54) is 6.07 Å². The normalized spacial score (nSPS) is 10.8. The molecule has 7 heteroatoms. The van der Waals surface area contributed by atoms with Crippen molar-refractivity contribution < 1.29 is 17.0 Å². The van der Waals surface area contributed by atoms with Gasteiger partial charge in [0.2, 0.25) is 11.5 Å². The summed E-state index contributed by atoms with van der Waals surface area (Å²) < 4.78 is 47.2. The first kappa shape index (κ1) is 10.0. The number of hydrogen-bond donors (Lipinski definition) is 0. The highest BCUT2D eigenvalue weighted by molar-refractivity contribution is 7.93. The smallest absolute Gasteiger partial charge is 0.207 e. The van der Waals surface area contributed by atoms with E-state index in [0.717, 1.165) is 18.2 Å². The van der Waals surface area contributed by atoms with Crippen molar-refractivity contribution in [2.45, 2.75) is 4.90 Å². The summed E-state index contributed by atoms with van der Waals surface area (Å²) in [5.74, 6) is -0.688. The van der Waals surface area contributed by atoms with Gasteiger partial charge in [-0.3, -0.25) is 0 Å². The van der Waals surface area contributed by atoms with Crippen molar-refractivity contribution in [2.75, 3.05) is 0 Å². The van der Waals surface area contributed by atoms with E-state index in [1.807, 2.05) is 0 Å². The molecule has 1 rings (SSSR count). The van der Waals surface area contributed by atoms with Gasteiger partial charge in [-0.1, -0.05) is 9.83 Å². The highest BCUT2D eigenvalue weighted by atomic mass is 32.2. The average molecular weight is 221 g/mol. The highest BCUT2D eigenvalue weighted by Crippen LogP contribution is 2.12. The van der Waals surface area contributed by atoms with E-state index in [0.29, 0.717) is 0 Å². The van der Waals surface area contributed by atoms with Crippen LogP contribution in [0.5, 0.6) is 0 Å². The van der Waals surface area contributed by atoms with Crippen molar-refractivity contribution >= 4 is 21.5 Å². The zero-order chi connectivity index (χ0) is 9.90. The van der Waals surface area contributed by atoms with Crippen LogP contribution in [0.3, 0.4) is 0 Å². The molecule has 0 amide bonds. The third-order valence-corrected chi connectivity index (χ3v) is 3.10. The molecule has 0 bridgehead atoms. The average Bonchev–Trinajstić information content (AvgIpc) is 2.04. The maximum absolute atomic E-state index is 12.5. The molecule has 4 nitrogen and oxygen atoms in total. The molecule has 0 aliphatic rings. The van der Waals surface area contributed by atoms with Crippen LogP contribution in [-0.2, 0) is 21.5 Å². The van der Waals surface area contributed by atoms with Crippen molar-refractivity contribution in [3.8, 4) is 0 Å². The van der Waals surface area contributed by atoms with Gasteiger partial charge in [0.15, 0.2) is 0 Å². The predicted molar refractivity (Wildman–Crippen MR) is 44.2 cm³/mol. The second-order valence-electron chi connectivity index (χ2n) is 2.08. The Kier molecular flexibility index (Phi) is 2.89. The number of halogens is 1. The summed E-state index contributed by atoms with van der Waals surface area (Å²) in [4.78, 5) is -0.323. The molecule has 0 saturated carbocycles. The molecule has 70 valence electrons. The molecular weight excluding hydrogens is 217 g/mol. The van der Waals surface area contributed by atoms with Crippen LogP contribution in [0.1, 0.15) is 0 Å². The molecule has 1 aromatic carbocycles. The quantitative estimate of drug-likeness (QED) is 0.745. The number of hydrogen-bond acceptors (Lipinski definition) is 3. The minimum atomic E-state index is -4.00. The Balaban J connectivity index is 3.31. The molecule has 0 spiro atoms. The van der Waals surface area contributed by atoms with E-state index >= 15 is 0 Å². The molecule has 0 aromatic heterocycles. The number of sulfonamides is 1. The summed E-state index contributed by atoms with van der Waals surface area (Å²) in [5.41, 5.74) is 0. The largest absolute Gasteiger partial charge is 0.294 e. The van der Waals surface area contributed by atoms with Crippen LogP contribution >= 0.6 is 0 Å². The van der Waals surface area contributed by atoms with Crippen LogP contribution < -0.4 is 0 Å². The van der Waals surface area contributed by atoms with Gasteiger partial charge in [0.1, 0.15) is 5.82 Å². The van der Waals surface area contributed by atoms with Crippen LogP contribution in [0.4, 0.5) is 4.39 Å². The SMILES string of the molecule is O=S=NS(=O)(=O)c1cccc(F)c1. The van der Waals surface area contributed by atoms with Gasteiger partial charge in [-0.25, -0.2) is 4.39 Å². The van der Waals surface area contributed by atoms with Gasteiger partial charge in [-0.15, -0.1) is 0 Å². The molecule has 0 fully saturated rings. The van der Waals surface area contributed by atoms with E-state index in [1.54, 1.807) is 0 Å². The molecular formula is C6H4FNO3S2. The lowest BCUT2D eigenvalue weighted by Gasteiger charge is -1.94. The van der Waals surface area contributed by atoms with Crippen LogP contribution in [0.2, 0.25) is 0 Å². The van der Waals surface area contributed by atoms with E-state index in [4.69, 9.17) is 0 Å². The second kappa shape index (κ2) is 3.75. The van der Waals surface area contributed by atoms with E-state index in [9.17, 15) is 17.0 Å². The Labute approximate surface area is 77.7 Å². The third-order valence-electron chi connectivity index (χ3n) is 1.22. The minimum Gasteiger partial charge on any atom is -0.207 e. The second-order valence-corrected chi connectivity index (χ2v) is 4.25. The Morgan fingerprint density at radius 1 is 1.38 bits per heavy atom. The lowest BCUT2D eigenvalue weighted by molar-refractivity contribution is 0.593. The molecule has 0 atom stereocenters. The highest BCUT2D eigenvalue weighted by Gasteiger charge is 2.12. The standard InChI is InChI=1S/C6H4FNO3S2/c7-5-2-1-3-6(4-5)13(10,11)8-12-9/h1-4H. The fraction of sp³-hybridized carbons (Fsp3) is 0. The van der Waals surface area contributed by atoms with Crippen molar-refractivity contribution in [3.63, 3.8) is 0 Å². The molecule has 0 heterocycles.